The monoisotopic (exact) mass is 476 g/mol. The highest BCUT2D eigenvalue weighted by Gasteiger charge is 2.20. The minimum atomic E-state index is -4.69. The Morgan fingerprint density at radius 3 is 2.06 bits per heavy atom. The molecule has 0 fully saturated rings. The fourth-order valence-electron chi connectivity index (χ4n) is 2.87. The van der Waals surface area contributed by atoms with Crippen LogP contribution in [0.25, 0.3) is 0 Å². The maximum absolute atomic E-state index is 14.2. The molecule has 0 bridgehead atoms. The van der Waals surface area contributed by atoms with Crippen LogP contribution in [0.5, 0.6) is 5.75 Å². The summed E-state index contributed by atoms with van der Waals surface area (Å²) < 4.78 is 29.4. The van der Waals surface area contributed by atoms with Gasteiger partial charge in [0.05, 0.1) is 6.04 Å². The number of phosphoric acid groups is 1. The van der Waals surface area contributed by atoms with Gasteiger partial charge in [-0.1, -0.05) is 31.4 Å². The number of phosphoric ester groups is 1. The lowest BCUT2D eigenvalue weighted by atomic mass is 10.1. The van der Waals surface area contributed by atoms with Crippen molar-refractivity contribution >= 4 is 19.6 Å². The van der Waals surface area contributed by atoms with Gasteiger partial charge in [-0.2, -0.15) is 0 Å². The Labute approximate surface area is 187 Å². The summed E-state index contributed by atoms with van der Waals surface area (Å²) in [5.41, 5.74) is 11.3. The fraction of sp³-hybridized carbons (Fsp3) is 0.600. The van der Waals surface area contributed by atoms with Gasteiger partial charge in [0.2, 0.25) is 12.1 Å². The van der Waals surface area contributed by atoms with Gasteiger partial charge in [-0.25, -0.2) is 8.96 Å². The Hall–Kier alpha value is -2.04. The second kappa shape index (κ2) is 14.9. The highest BCUT2D eigenvalue weighted by Crippen LogP contribution is 2.37. The smallest absolute Gasteiger partial charge is 0.404 e. The van der Waals surface area contributed by atoms with E-state index in [-0.39, 0.29) is 17.2 Å². The molecule has 2 unspecified atom stereocenters. The summed E-state index contributed by atoms with van der Waals surface area (Å²) in [4.78, 5) is 41.2. The first-order chi connectivity index (χ1) is 15.1. The van der Waals surface area contributed by atoms with Crippen LogP contribution in [0.4, 0.5) is 4.39 Å². The second-order valence-corrected chi connectivity index (χ2v) is 8.56. The number of amides is 2. The minimum absolute atomic E-state index is 0.0533. The highest BCUT2D eigenvalue weighted by molar-refractivity contribution is 7.46. The third-order valence-electron chi connectivity index (χ3n) is 4.64. The van der Waals surface area contributed by atoms with E-state index in [9.17, 15) is 18.5 Å². The van der Waals surface area contributed by atoms with Gasteiger partial charge in [0.25, 0.3) is 5.91 Å². The molecule has 182 valence electrons. The number of unbranched alkanes of at least 4 members (excludes halogenated alkanes) is 4. The normalized spacial score (nSPS) is 13.3. The summed E-state index contributed by atoms with van der Waals surface area (Å²) >= 11 is 0. The average Bonchev–Trinajstić information content (AvgIpc) is 2.74. The predicted molar refractivity (Wildman–Crippen MR) is 118 cm³/mol. The van der Waals surface area contributed by atoms with Crippen molar-refractivity contribution in [2.24, 2.45) is 11.5 Å². The molecule has 0 saturated heterocycles. The number of carbonyl (C=O) groups excluding carboxylic acids is 2. The van der Waals surface area contributed by atoms with E-state index in [1.54, 1.807) is 0 Å². The topological polar surface area (TPSA) is 177 Å². The molecule has 2 atom stereocenters. The van der Waals surface area contributed by atoms with E-state index in [4.69, 9.17) is 21.3 Å². The van der Waals surface area contributed by atoms with Crippen molar-refractivity contribution in [1.82, 2.24) is 10.6 Å². The van der Waals surface area contributed by atoms with Crippen molar-refractivity contribution in [2.45, 2.75) is 57.2 Å². The molecule has 0 aliphatic carbocycles. The lowest BCUT2D eigenvalue weighted by Gasteiger charge is -2.12. The van der Waals surface area contributed by atoms with E-state index < -0.39 is 25.9 Å². The molecule has 32 heavy (non-hydrogen) atoms. The zero-order valence-corrected chi connectivity index (χ0v) is 18.9. The van der Waals surface area contributed by atoms with Crippen LogP contribution < -0.4 is 26.6 Å². The fourth-order valence-corrected chi connectivity index (χ4v) is 3.27. The molecule has 10 nitrogen and oxygen atoms in total. The van der Waals surface area contributed by atoms with Crippen LogP contribution in [-0.4, -0.2) is 47.3 Å². The number of alkyl halides is 1. The third-order valence-corrected chi connectivity index (χ3v) is 5.08. The van der Waals surface area contributed by atoms with E-state index in [2.05, 4.69) is 15.2 Å². The molecule has 0 aromatic heterocycles. The summed E-state index contributed by atoms with van der Waals surface area (Å²) in [5.74, 6) is -1.08. The number of carbonyl (C=O) groups is 2. The zero-order chi connectivity index (χ0) is 24.0. The van der Waals surface area contributed by atoms with Crippen molar-refractivity contribution < 1.29 is 32.9 Å². The van der Waals surface area contributed by atoms with Crippen molar-refractivity contribution in [3.63, 3.8) is 0 Å². The van der Waals surface area contributed by atoms with E-state index >= 15 is 0 Å². The molecule has 2 amide bonds. The maximum atomic E-state index is 14.2. The van der Waals surface area contributed by atoms with Crippen LogP contribution >= 0.6 is 7.82 Å². The number of hydrogen-bond donors (Lipinski definition) is 6. The quantitative estimate of drug-likeness (QED) is 0.153. The zero-order valence-electron chi connectivity index (χ0n) is 18.0. The molecule has 0 radical (unpaired) electrons. The molecule has 1 aromatic rings. The third kappa shape index (κ3) is 12.1. The van der Waals surface area contributed by atoms with Gasteiger partial charge in [-0.15, -0.1) is 0 Å². The van der Waals surface area contributed by atoms with E-state index in [1.807, 2.05) is 0 Å². The number of benzene rings is 1. The molecule has 0 spiro atoms. The van der Waals surface area contributed by atoms with Gasteiger partial charge >= 0.3 is 7.82 Å². The molecule has 1 aromatic carbocycles. The molecule has 0 heterocycles. The van der Waals surface area contributed by atoms with Gasteiger partial charge in [0.1, 0.15) is 5.75 Å². The summed E-state index contributed by atoms with van der Waals surface area (Å²) in [6.45, 7) is 1.44. The van der Waals surface area contributed by atoms with Gasteiger partial charge < -0.3 is 26.6 Å². The van der Waals surface area contributed by atoms with Crippen LogP contribution in [0.3, 0.4) is 0 Å². The average molecular weight is 476 g/mol. The number of nitrogens with two attached hydrogens (primary N) is 2. The van der Waals surface area contributed by atoms with Crippen LogP contribution in [0.1, 0.15) is 56.7 Å². The molecule has 0 aliphatic heterocycles. The van der Waals surface area contributed by atoms with Crippen molar-refractivity contribution in [2.75, 3.05) is 19.6 Å². The second-order valence-electron chi connectivity index (χ2n) is 7.40. The first-order valence-electron chi connectivity index (χ1n) is 10.6. The molecule has 0 saturated carbocycles. The van der Waals surface area contributed by atoms with Crippen LogP contribution in [0.15, 0.2) is 24.3 Å². The Bertz CT molecular complexity index is 746. The SMILES string of the molecule is NCCCCC(N)C(=O)NCCCCCCNC(=O)C(F)c1ccc(OP(=O)(O)O)cc1. The first-order valence-corrected chi connectivity index (χ1v) is 12.2. The summed E-state index contributed by atoms with van der Waals surface area (Å²) in [6.07, 6.45) is 3.49. The summed E-state index contributed by atoms with van der Waals surface area (Å²) in [7, 11) is -4.69. The highest BCUT2D eigenvalue weighted by atomic mass is 31.2. The molecule has 1 rings (SSSR count). The lowest BCUT2D eigenvalue weighted by Crippen LogP contribution is -2.40. The standard InChI is InChI=1S/C20H34FN4O6P/c21-18(15-8-10-16(11-9-15)31-32(28,29)30)20(27)25-14-6-2-1-5-13-24-19(26)17(23)7-3-4-12-22/h8-11,17-18H,1-7,12-14,22-23H2,(H,24,26)(H,25,27)(H2,28,29,30). The molecule has 0 aliphatic rings. The minimum Gasteiger partial charge on any atom is -0.404 e. The Balaban J connectivity index is 2.15. The number of halogens is 1. The largest absolute Gasteiger partial charge is 0.524 e. The molecular weight excluding hydrogens is 442 g/mol. The van der Waals surface area contributed by atoms with E-state index in [0.29, 0.717) is 32.5 Å². The van der Waals surface area contributed by atoms with Crippen molar-refractivity contribution in [3.8, 4) is 5.75 Å². The maximum Gasteiger partial charge on any atom is 0.524 e. The number of nitrogens with one attached hydrogen (secondary N) is 2. The molecular formula is C20H34FN4O6P. The Morgan fingerprint density at radius 1 is 0.969 bits per heavy atom. The number of hydrogen-bond acceptors (Lipinski definition) is 6. The molecule has 12 heteroatoms. The lowest BCUT2D eigenvalue weighted by molar-refractivity contribution is -0.126. The Morgan fingerprint density at radius 2 is 1.53 bits per heavy atom. The van der Waals surface area contributed by atoms with Crippen LogP contribution in [-0.2, 0) is 14.2 Å². The van der Waals surface area contributed by atoms with Crippen LogP contribution in [0, 0.1) is 0 Å². The van der Waals surface area contributed by atoms with Gasteiger partial charge in [0, 0.05) is 13.1 Å². The van der Waals surface area contributed by atoms with Gasteiger partial charge in [-0.3, -0.25) is 19.4 Å². The van der Waals surface area contributed by atoms with Gasteiger partial charge in [0.15, 0.2) is 0 Å². The summed E-state index contributed by atoms with van der Waals surface area (Å²) in [6, 6.07) is 4.31. The predicted octanol–water partition coefficient (Wildman–Crippen LogP) is 1.42. The van der Waals surface area contributed by atoms with Crippen molar-refractivity contribution in [3.05, 3.63) is 29.8 Å². The molecule has 8 N–H and O–H groups in total. The Kier molecular flexibility index (Phi) is 13.0. The van der Waals surface area contributed by atoms with E-state index in [0.717, 1.165) is 32.1 Å². The van der Waals surface area contributed by atoms with Crippen LogP contribution in [0.2, 0.25) is 0 Å². The van der Waals surface area contributed by atoms with Gasteiger partial charge in [-0.05, 0) is 49.9 Å². The first kappa shape index (κ1) is 28.0. The van der Waals surface area contributed by atoms with E-state index in [1.165, 1.54) is 24.3 Å². The number of rotatable bonds is 16. The van der Waals surface area contributed by atoms with Crippen molar-refractivity contribution in [1.29, 1.82) is 0 Å². The summed E-state index contributed by atoms with van der Waals surface area (Å²) in [5, 5.41) is 5.32.